The number of aryl methyl sites for hydroxylation is 1. The fourth-order valence-corrected chi connectivity index (χ4v) is 2.32. The quantitative estimate of drug-likeness (QED) is 0.840. The lowest BCUT2D eigenvalue weighted by Gasteiger charge is -2.19. The van der Waals surface area contributed by atoms with Gasteiger partial charge in [0.15, 0.2) is 0 Å². The summed E-state index contributed by atoms with van der Waals surface area (Å²) in [5.74, 6) is 0.978. The molecule has 5 heteroatoms. The number of hydrogen-bond donors (Lipinski definition) is 1. The molecule has 0 atom stereocenters. The van der Waals surface area contributed by atoms with Gasteiger partial charge in [0.1, 0.15) is 5.60 Å². The summed E-state index contributed by atoms with van der Waals surface area (Å²) in [5, 5.41) is 2.79. The minimum atomic E-state index is -0.450. The van der Waals surface area contributed by atoms with E-state index < -0.39 is 5.60 Å². The van der Waals surface area contributed by atoms with Crippen molar-refractivity contribution < 1.29 is 9.53 Å². The zero-order chi connectivity index (χ0) is 15.3. The van der Waals surface area contributed by atoms with E-state index in [4.69, 9.17) is 4.74 Å². The first-order valence-corrected chi connectivity index (χ1v) is 7.90. The molecule has 118 valence electrons. The first-order valence-electron chi connectivity index (χ1n) is 7.90. The van der Waals surface area contributed by atoms with Gasteiger partial charge in [0, 0.05) is 31.4 Å². The predicted molar refractivity (Wildman–Crippen MR) is 82.1 cm³/mol. The predicted octanol–water partition coefficient (Wildman–Crippen LogP) is 3.14. The summed E-state index contributed by atoms with van der Waals surface area (Å²) in [6.45, 7) is 7.19. The molecular formula is C16H27N3O2. The molecule has 0 aliphatic heterocycles. The minimum Gasteiger partial charge on any atom is -0.444 e. The molecule has 0 saturated heterocycles. The highest BCUT2D eigenvalue weighted by Crippen LogP contribution is 2.33. The van der Waals surface area contributed by atoms with Crippen LogP contribution in [0.5, 0.6) is 0 Å². The smallest absolute Gasteiger partial charge is 0.407 e. The molecule has 1 N–H and O–H groups in total. The molecule has 5 nitrogen and oxygen atoms in total. The monoisotopic (exact) mass is 293 g/mol. The number of carbonyl (C=O) groups is 1. The van der Waals surface area contributed by atoms with Crippen LogP contribution in [-0.2, 0) is 17.7 Å². The van der Waals surface area contributed by atoms with E-state index in [1.165, 1.54) is 31.4 Å². The lowest BCUT2D eigenvalue weighted by Crippen LogP contribution is -2.33. The van der Waals surface area contributed by atoms with Gasteiger partial charge in [-0.05, 0) is 39.5 Å². The van der Waals surface area contributed by atoms with Crippen LogP contribution in [0.4, 0.5) is 4.79 Å². The Kier molecular flexibility index (Phi) is 5.26. The maximum Gasteiger partial charge on any atom is 0.407 e. The van der Waals surface area contributed by atoms with Crippen molar-refractivity contribution in [1.82, 2.24) is 14.9 Å². The number of carbonyl (C=O) groups excluding carboxylic acids is 1. The molecule has 1 aliphatic rings. The van der Waals surface area contributed by atoms with Gasteiger partial charge in [-0.1, -0.05) is 12.8 Å². The van der Waals surface area contributed by atoms with Crippen LogP contribution < -0.4 is 5.32 Å². The number of nitrogens with one attached hydrogen (secondary N) is 1. The standard InChI is InChI=1S/C16H27N3O2/c1-16(2,3)21-15(20)18-9-8-14-11-17-12-19(14)10-4-5-13-6-7-13/h11-13H,4-10H2,1-3H3,(H,18,20). The molecule has 0 aromatic carbocycles. The summed E-state index contributed by atoms with van der Waals surface area (Å²) in [5.41, 5.74) is 0.719. The Bertz CT molecular complexity index is 458. The molecule has 1 fully saturated rings. The topological polar surface area (TPSA) is 56.1 Å². The molecule has 1 aromatic heterocycles. The number of ether oxygens (including phenoxy) is 1. The number of rotatable bonds is 7. The fourth-order valence-electron chi connectivity index (χ4n) is 2.32. The zero-order valence-electron chi connectivity index (χ0n) is 13.4. The number of aromatic nitrogens is 2. The van der Waals surface area contributed by atoms with Crippen LogP contribution in [0.3, 0.4) is 0 Å². The van der Waals surface area contributed by atoms with Crippen molar-refractivity contribution in [2.75, 3.05) is 6.54 Å². The third kappa shape index (κ3) is 6.19. The first kappa shape index (κ1) is 15.9. The molecule has 1 saturated carbocycles. The van der Waals surface area contributed by atoms with E-state index in [9.17, 15) is 4.79 Å². The highest BCUT2D eigenvalue weighted by molar-refractivity contribution is 5.67. The van der Waals surface area contributed by atoms with Gasteiger partial charge in [0.05, 0.1) is 6.33 Å². The second-order valence-electron chi connectivity index (χ2n) is 6.84. The van der Waals surface area contributed by atoms with E-state index in [-0.39, 0.29) is 6.09 Å². The Morgan fingerprint density at radius 2 is 2.24 bits per heavy atom. The van der Waals surface area contributed by atoms with Crippen LogP contribution in [0.25, 0.3) is 0 Å². The van der Waals surface area contributed by atoms with Crippen molar-refractivity contribution in [2.45, 2.75) is 65.0 Å². The molecule has 0 unspecified atom stereocenters. The largest absolute Gasteiger partial charge is 0.444 e. The summed E-state index contributed by atoms with van der Waals surface area (Å²) < 4.78 is 7.41. The normalized spacial score (nSPS) is 15.0. The highest BCUT2D eigenvalue weighted by atomic mass is 16.6. The van der Waals surface area contributed by atoms with E-state index in [0.29, 0.717) is 6.54 Å². The van der Waals surface area contributed by atoms with Crippen molar-refractivity contribution in [3.8, 4) is 0 Å². The van der Waals surface area contributed by atoms with Gasteiger partial charge in [-0.25, -0.2) is 9.78 Å². The molecule has 0 spiro atoms. The van der Waals surface area contributed by atoms with Crippen molar-refractivity contribution in [1.29, 1.82) is 0 Å². The van der Waals surface area contributed by atoms with E-state index in [0.717, 1.165) is 18.9 Å². The van der Waals surface area contributed by atoms with Gasteiger partial charge in [0.2, 0.25) is 0 Å². The van der Waals surface area contributed by atoms with Crippen LogP contribution in [-0.4, -0.2) is 27.8 Å². The van der Waals surface area contributed by atoms with Crippen molar-refractivity contribution in [3.63, 3.8) is 0 Å². The van der Waals surface area contributed by atoms with E-state index in [2.05, 4.69) is 14.9 Å². The summed E-state index contributed by atoms with van der Waals surface area (Å²) in [6.07, 6.45) is 9.56. The summed E-state index contributed by atoms with van der Waals surface area (Å²) in [4.78, 5) is 15.8. The van der Waals surface area contributed by atoms with Crippen LogP contribution >= 0.6 is 0 Å². The Labute approximate surface area is 127 Å². The third-order valence-electron chi connectivity index (χ3n) is 3.56. The second kappa shape index (κ2) is 6.96. The first-order chi connectivity index (χ1) is 9.94. The Morgan fingerprint density at radius 1 is 1.48 bits per heavy atom. The Morgan fingerprint density at radius 3 is 2.90 bits per heavy atom. The molecular weight excluding hydrogens is 266 g/mol. The van der Waals surface area contributed by atoms with Crippen LogP contribution in [0.2, 0.25) is 0 Å². The van der Waals surface area contributed by atoms with E-state index >= 15 is 0 Å². The molecule has 2 rings (SSSR count). The van der Waals surface area contributed by atoms with Gasteiger partial charge in [-0.3, -0.25) is 0 Å². The zero-order valence-corrected chi connectivity index (χ0v) is 13.4. The number of hydrogen-bond acceptors (Lipinski definition) is 3. The van der Waals surface area contributed by atoms with Crippen molar-refractivity contribution in [3.05, 3.63) is 18.2 Å². The maximum atomic E-state index is 11.6. The van der Waals surface area contributed by atoms with Gasteiger partial charge >= 0.3 is 6.09 Å². The SMILES string of the molecule is CC(C)(C)OC(=O)NCCc1cncn1CCCC1CC1. The number of amides is 1. The number of alkyl carbamates (subject to hydrolysis) is 1. The van der Waals surface area contributed by atoms with Gasteiger partial charge in [-0.15, -0.1) is 0 Å². The molecule has 21 heavy (non-hydrogen) atoms. The van der Waals surface area contributed by atoms with Gasteiger partial charge < -0.3 is 14.6 Å². The summed E-state index contributed by atoms with van der Waals surface area (Å²) >= 11 is 0. The van der Waals surface area contributed by atoms with E-state index in [1.54, 1.807) is 0 Å². The minimum absolute atomic E-state index is 0.359. The number of nitrogens with zero attached hydrogens (tertiary/aromatic N) is 2. The maximum absolute atomic E-state index is 11.6. The average molecular weight is 293 g/mol. The third-order valence-corrected chi connectivity index (χ3v) is 3.56. The fraction of sp³-hybridized carbons (Fsp3) is 0.750. The number of imidazole rings is 1. The van der Waals surface area contributed by atoms with Crippen molar-refractivity contribution >= 4 is 6.09 Å². The van der Waals surface area contributed by atoms with Crippen LogP contribution in [0, 0.1) is 5.92 Å². The molecule has 0 radical (unpaired) electrons. The lowest BCUT2D eigenvalue weighted by atomic mass is 10.2. The molecule has 1 amide bonds. The van der Waals surface area contributed by atoms with Crippen LogP contribution in [0.15, 0.2) is 12.5 Å². The molecule has 0 bridgehead atoms. The van der Waals surface area contributed by atoms with Gasteiger partial charge in [-0.2, -0.15) is 0 Å². The van der Waals surface area contributed by atoms with Crippen LogP contribution in [0.1, 0.15) is 52.1 Å². The van der Waals surface area contributed by atoms with Gasteiger partial charge in [0.25, 0.3) is 0 Å². The summed E-state index contributed by atoms with van der Waals surface area (Å²) in [7, 11) is 0. The molecule has 1 aromatic rings. The average Bonchev–Trinajstić information content (AvgIpc) is 3.08. The Hall–Kier alpha value is -1.52. The van der Waals surface area contributed by atoms with Crippen molar-refractivity contribution in [2.24, 2.45) is 5.92 Å². The lowest BCUT2D eigenvalue weighted by molar-refractivity contribution is 0.0528. The van der Waals surface area contributed by atoms with E-state index in [1.807, 2.05) is 33.3 Å². The Balaban J connectivity index is 1.67. The molecule has 1 heterocycles. The second-order valence-corrected chi connectivity index (χ2v) is 6.84. The summed E-state index contributed by atoms with van der Waals surface area (Å²) in [6, 6.07) is 0. The highest BCUT2D eigenvalue weighted by Gasteiger charge is 2.20. The molecule has 1 aliphatic carbocycles.